The zero-order chi connectivity index (χ0) is 27.6. The van der Waals surface area contributed by atoms with E-state index in [-0.39, 0.29) is 17.4 Å². The van der Waals surface area contributed by atoms with Gasteiger partial charge in [-0.2, -0.15) is 18.4 Å². The van der Waals surface area contributed by atoms with Gasteiger partial charge in [-0.3, -0.25) is 10.1 Å². The average Bonchev–Trinajstić information content (AvgIpc) is 3.20. The first-order chi connectivity index (χ1) is 18.0. The summed E-state index contributed by atoms with van der Waals surface area (Å²) in [5.74, 6) is -3.49. The highest BCUT2D eigenvalue weighted by atomic mass is 19.4. The van der Waals surface area contributed by atoms with Gasteiger partial charge in [0.25, 0.3) is 0 Å². The summed E-state index contributed by atoms with van der Waals surface area (Å²) in [4.78, 5) is 28.4. The van der Waals surface area contributed by atoms with Gasteiger partial charge >= 0.3 is 12.1 Å². The summed E-state index contributed by atoms with van der Waals surface area (Å²) < 4.78 is 43.8. The standard InChI is InChI=1S/C26H27F3N4O5/c1-15-18(19(14-30)31-38-25(34)26(27,28)29)8-9-21-23(15)24-16(2)20(33(35)36)10-11-22(24)32(21)12-13-37-17-6-4-3-5-7-17/h8-11,16-17,24H,3-7,12-13H2,1-2H3/b31-19+. The summed E-state index contributed by atoms with van der Waals surface area (Å²) in [5, 5.41) is 24.4. The Morgan fingerprint density at radius 3 is 2.61 bits per heavy atom. The number of nitrogens with zero attached hydrogens (tertiary/aromatic N) is 4. The second-order valence-corrected chi connectivity index (χ2v) is 9.59. The van der Waals surface area contributed by atoms with Crippen LogP contribution in [0.25, 0.3) is 0 Å². The van der Waals surface area contributed by atoms with Gasteiger partial charge in [-0.1, -0.05) is 31.3 Å². The smallest absolute Gasteiger partial charge is 0.376 e. The third kappa shape index (κ3) is 5.29. The van der Waals surface area contributed by atoms with E-state index in [0.717, 1.165) is 37.1 Å². The van der Waals surface area contributed by atoms with E-state index in [0.29, 0.717) is 24.3 Å². The monoisotopic (exact) mass is 532 g/mol. The highest BCUT2D eigenvalue weighted by Crippen LogP contribution is 2.52. The number of halogens is 3. The molecule has 1 heterocycles. The number of ether oxygens (including phenoxy) is 1. The maximum Gasteiger partial charge on any atom is 0.493 e. The maximum atomic E-state index is 12.6. The first-order valence-corrected chi connectivity index (χ1v) is 12.4. The zero-order valence-corrected chi connectivity index (χ0v) is 21.0. The molecule has 1 aromatic carbocycles. The molecule has 1 fully saturated rings. The van der Waals surface area contributed by atoms with Crippen LogP contribution in [0.4, 0.5) is 18.9 Å². The van der Waals surface area contributed by atoms with Gasteiger partial charge in [0, 0.05) is 35.5 Å². The Kier molecular flexibility index (Phi) is 7.87. The molecule has 0 aromatic heterocycles. The van der Waals surface area contributed by atoms with Crippen LogP contribution < -0.4 is 4.90 Å². The predicted octanol–water partition coefficient (Wildman–Crippen LogP) is 5.28. The topological polar surface area (TPSA) is 118 Å². The van der Waals surface area contributed by atoms with E-state index in [9.17, 15) is 33.3 Å². The summed E-state index contributed by atoms with van der Waals surface area (Å²) >= 11 is 0. The van der Waals surface area contributed by atoms with Crippen molar-refractivity contribution in [3.8, 4) is 6.07 Å². The van der Waals surface area contributed by atoms with Crippen molar-refractivity contribution in [2.24, 2.45) is 11.1 Å². The first-order valence-electron chi connectivity index (χ1n) is 12.4. The molecule has 0 radical (unpaired) electrons. The Bertz CT molecular complexity index is 1260. The Labute approximate surface area is 217 Å². The Hall–Kier alpha value is -3.72. The third-order valence-electron chi connectivity index (χ3n) is 7.36. The number of anilines is 1. The van der Waals surface area contributed by atoms with Crippen LogP contribution in [0, 0.1) is 34.3 Å². The zero-order valence-electron chi connectivity index (χ0n) is 21.0. The molecule has 1 aliphatic heterocycles. The van der Waals surface area contributed by atoms with Gasteiger partial charge in [0.1, 0.15) is 6.07 Å². The molecule has 2 atom stereocenters. The molecule has 3 aliphatic rings. The van der Waals surface area contributed by atoms with Gasteiger partial charge < -0.3 is 14.5 Å². The van der Waals surface area contributed by atoms with Crippen LogP contribution in [0.5, 0.6) is 0 Å². The van der Waals surface area contributed by atoms with Crippen molar-refractivity contribution in [2.75, 3.05) is 18.1 Å². The molecule has 202 valence electrons. The number of allylic oxidation sites excluding steroid dienone is 4. The minimum Gasteiger partial charge on any atom is -0.376 e. The van der Waals surface area contributed by atoms with Crippen LogP contribution in [0.2, 0.25) is 0 Å². The van der Waals surface area contributed by atoms with Crippen LogP contribution in [-0.2, 0) is 14.4 Å². The number of carbonyl (C=O) groups is 1. The molecule has 0 N–H and O–H groups in total. The number of benzene rings is 1. The van der Waals surface area contributed by atoms with Crippen molar-refractivity contribution in [3.05, 3.63) is 62.5 Å². The highest BCUT2D eigenvalue weighted by Gasteiger charge is 2.45. The van der Waals surface area contributed by atoms with E-state index in [2.05, 4.69) is 9.99 Å². The molecule has 38 heavy (non-hydrogen) atoms. The molecule has 9 nitrogen and oxygen atoms in total. The van der Waals surface area contributed by atoms with Gasteiger partial charge in [-0.15, -0.1) is 0 Å². The van der Waals surface area contributed by atoms with Crippen LogP contribution in [0.1, 0.15) is 61.6 Å². The minimum absolute atomic E-state index is 0.0306. The molecule has 12 heteroatoms. The van der Waals surface area contributed by atoms with Crippen molar-refractivity contribution in [3.63, 3.8) is 0 Å². The summed E-state index contributed by atoms with van der Waals surface area (Å²) in [7, 11) is 0. The van der Waals surface area contributed by atoms with Crippen LogP contribution >= 0.6 is 0 Å². The van der Waals surface area contributed by atoms with Crippen molar-refractivity contribution in [1.29, 1.82) is 5.26 Å². The Morgan fingerprint density at radius 1 is 1.26 bits per heavy atom. The molecule has 1 aromatic rings. The molecule has 2 aliphatic carbocycles. The van der Waals surface area contributed by atoms with Crippen molar-refractivity contribution in [1.82, 2.24) is 0 Å². The molecule has 0 amide bonds. The molecular weight excluding hydrogens is 505 g/mol. The summed E-state index contributed by atoms with van der Waals surface area (Å²) in [6.45, 7) is 4.37. The summed E-state index contributed by atoms with van der Waals surface area (Å²) in [6, 6.07) is 4.91. The van der Waals surface area contributed by atoms with E-state index < -0.39 is 34.6 Å². The van der Waals surface area contributed by atoms with E-state index in [1.807, 2.05) is 4.90 Å². The normalized spacial score (nSPS) is 21.7. The average molecular weight is 533 g/mol. The van der Waals surface area contributed by atoms with Gasteiger partial charge in [-0.05, 0) is 49.1 Å². The number of nitriles is 1. The molecule has 4 rings (SSSR count). The Morgan fingerprint density at radius 2 is 1.97 bits per heavy atom. The summed E-state index contributed by atoms with van der Waals surface area (Å²) in [5.41, 5.74) is 2.51. The fourth-order valence-corrected chi connectivity index (χ4v) is 5.53. The second-order valence-electron chi connectivity index (χ2n) is 9.59. The molecule has 2 unspecified atom stereocenters. The van der Waals surface area contributed by atoms with Gasteiger partial charge in [0.15, 0.2) is 5.71 Å². The van der Waals surface area contributed by atoms with Gasteiger partial charge in [0.05, 0.1) is 23.6 Å². The van der Waals surface area contributed by atoms with Crippen LogP contribution in [0.3, 0.4) is 0 Å². The van der Waals surface area contributed by atoms with E-state index >= 15 is 0 Å². The number of oxime groups is 1. The number of fused-ring (bicyclic) bond motifs is 3. The van der Waals surface area contributed by atoms with Gasteiger partial charge in [-0.25, -0.2) is 4.79 Å². The molecule has 0 saturated heterocycles. The fourth-order valence-electron chi connectivity index (χ4n) is 5.53. The van der Waals surface area contributed by atoms with Crippen molar-refractivity contribution >= 4 is 17.4 Å². The van der Waals surface area contributed by atoms with Crippen LogP contribution in [-0.4, -0.2) is 42.0 Å². The number of nitro groups is 1. The third-order valence-corrected chi connectivity index (χ3v) is 7.36. The van der Waals surface area contributed by atoms with Gasteiger partial charge in [0.2, 0.25) is 5.70 Å². The van der Waals surface area contributed by atoms with E-state index in [4.69, 9.17) is 4.74 Å². The maximum absolute atomic E-state index is 12.6. The lowest BCUT2D eigenvalue weighted by molar-refractivity contribution is -0.434. The lowest BCUT2D eigenvalue weighted by Gasteiger charge is -2.28. The first kappa shape index (κ1) is 27.3. The molecular formula is C26H27F3N4O5. The van der Waals surface area contributed by atoms with Crippen molar-refractivity contribution in [2.45, 2.75) is 64.1 Å². The quantitative estimate of drug-likeness (QED) is 0.203. The number of hydrogen-bond donors (Lipinski definition) is 0. The second kappa shape index (κ2) is 10.9. The number of hydrogen-bond acceptors (Lipinski definition) is 8. The molecule has 1 saturated carbocycles. The lowest BCUT2D eigenvalue weighted by atomic mass is 9.79. The predicted molar refractivity (Wildman–Crippen MR) is 131 cm³/mol. The lowest BCUT2D eigenvalue weighted by Crippen LogP contribution is -2.30. The van der Waals surface area contributed by atoms with E-state index in [1.165, 1.54) is 18.6 Å². The number of alkyl halides is 3. The SMILES string of the molecule is Cc1c(/C(C#N)=N/OC(=O)C(F)(F)F)ccc2c1C1C(=CC=C([N+](=O)[O-])C1C)N2CCOC1CCCCC1. The van der Waals surface area contributed by atoms with Crippen molar-refractivity contribution < 1.29 is 32.5 Å². The summed E-state index contributed by atoms with van der Waals surface area (Å²) in [6.07, 6.45) is 3.68. The molecule has 0 bridgehead atoms. The van der Waals surface area contributed by atoms with Crippen LogP contribution in [0.15, 0.2) is 40.8 Å². The number of carbonyl (C=O) groups excluding carboxylic acids is 1. The Balaban J connectivity index is 1.69. The fraction of sp³-hybridized carbons (Fsp3) is 0.500. The largest absolute Gasteiger partial charge is 0.493 e. The minimum atomic E-state index is -5.26. The number of rotatable bonds is 7. The highest BCUT2D eigenvalue weighted by molar-refractivity contribution is 6.13. The molecule has 0 spiro atoms. The van der Waals surface area contributed by atoms with E-state index in [1.54, 1.807) is 32.1 Å².